The van der Waals surface area contributed by atoms with Crippen LogP contribution in [0.2, 0.25) is 0 Å². The van der Waals surface area contributed by atoms with E-state index in [1.54, 1.807) is 6.20 Å². The van der Waals surface area contributed by atoms with Crippen LogP contribution in [0.4, 0.5) is 11.6 Å². The Morgan fingerprint density at radius 3 is 2.75 bits per heavy atom. The molecular formula is C27H33N9. The van der Waals surface area contributed by atoms with E-state index in [1.165, 1.54) is 19.3 Å². The first-order valence-electron chi connectivity index (χ1n) is 13.0. The highest BCUT2D eigenvalue weighted by atomic mass is 15.5. The molecule has 6 rings (SSSR count). The summed E-state index contributed by atoms with van der Waals surface area (Å²) in [5.74, 6) is 1.74. The van der Waals surface area contributed by atoms with Crippen molar-refractivity contribution in [2.75, 3.05) is 10.6 Å². The van der Waals surface area contributed by atoms with Gasteiger partial charge in [-0.25, -0.2) is 10.4 Å². The van der Waals surface area contributed by atoms with Crippen molar-refractivity contribution >= 4 is 22.5 Å². The highest BCUT2D eigenvalue weighted by molar-refractivity contribution is 5.91. The lowest BCUT2D eigenvalue weighted by Crippen LogP contribution is -2.54. The Bertz CT molecular complexity index is 1260. The van der Waals surface area contributed by atoms with Crippen LogP contribution in [0.15, 0.2) is 42.9 Å². The molecule has 3 aromatic heterocycles. The van der Waals surface area contributed by atoms with Gasteiger partial charge in [-0.05, 0) is 62.8 Å². The molecule has 3 saturated heterocycles. The first kappa shape index (κ1) is 23.1. The molecule has 4 N–H and O–H groups in total. The summed E-state index contributed by atoms with van der Waals surface area (Å²) in [6, 6.07) is 12.1. The summed E-state index contributed by atoms with van der Waals surface area (Å²) in [6.45, 7) is 3.02. The number of hydrogen-bond acceptors (Lipinski definition) is 9. The minimum absolute atomic E-state index is 0.137. The van der Waals surface area contributed by atoms with Crippen LogP contribution in [0.25, 0.3) is 10.9 Å². The van der Waals surface area contributed by atoms with Gasteiger partial charge in [-0.15, -0.1) is 0 Å². The van der Waals surface area contributed by atoms with Crippen LogP contribution in [0.1, 0.15) is 56.6 Å². The van der Waals surface area contributed by atoms with E-state index in [0.29, 0.717) is 29.7 Å². The fraction of sp³-hybridized carbons (Fsp3) is 0.481. The lowest BCUT2D eigenvalue weighted by atomic mass is 9.81. The van der Waals surface area contributed by atoms with E-state index in [4.69, 9.17) is 4.98 Å². The molecule has 3 unspecified atom stereocenters. The third-order valence-corrected chi connectivity index (χ3v) is 7.77. The predicted molar refractivity (Wildman–Crippen MR) is 140 cm³/mol. The average molecular weight is 484 g/mol. The lowest BCUT2D eigenvalue weighted by Gasteiger charge is -2.49. The van der Waals surface area contributed by atoms with Crippen LogP contribution in [-0.4, -0.2) is 50.2 Å². The summed E-state index contributed by atoms with van der Waals surface area (Å²) in [6.07, 6.45) is 12.3. The number of rotatable bonds is 6. The van der Waals surface area contributed by atoms with Crippen molar-refractivity contribution in [2.24, 2.45) is 0 Å². The van der Waals surface area contributed by atoms with E-state index in [2.05, 4.69) is 55.4 Å². The average Bonchev–Trinajstić information content (AvgIpc) is 3.29. The molecule has 3 aliphatic heterocycles. The Hall–Kier alpha value is -3.32. The van der Waals surface area contributed by atoms with Gasteiger partial charge in [0.1, 0.15) is 17.7 Å². The van der Waals surface area contributed by atoms with Gasteiger partial charge in [0, 0.05) is 60.8 Å². The van der Waals surface area contributed by atoms with E-state index in [1.807, 2.05) is 30.6 Å². The predicted octanol–water partition coefficient (Wildman–Crippen LogP) is 3.52. The molecule has 9 nitrogen and oxygen atoms in total. The van der Waals surface area contributed by atoms with Crippen LogP contribution in [0, 0.1) is 11.3 Å². The van der Waals surface area contributed by atoms with Gasteiger partial charge in [0.25, 0.3) is 0 Å². The minimum atomic E-state index is 0.137. The molecule has 3 aliphatic rings. The molecule has 0 aromatic carbocycles. The number of hydrogen-bond donors (Lipinski definition) is 4. The number of nitrogens with one attached hydrogen (secondary N) is 4. The van der Waals surface area contributed by atoms with E-state index in [-0.39, 0.29) is 6.17 Å². The highest BCUT2D eigenvalue weighted by Crippen LogP contribution is 2.37. The van der Waals surface area contributed by atoms with E-state index in [9.17, 15) is 5.26 Å². The molecular weight excluding hydrogens is 450 g/mol. The van der Waals surface area contributed by atoms with Crippen molar-refractivity contribution in [3.63, 3.8) is 0 Å². The van der Waals surface area contributed by atoms with Crippen molar-refractivity contribution in [1.82, 2.24) is 30.7 Å². The van der Waals surface area contributed by atoms with Crippen molar-refractivity contribution in [3.8, 4) is 6.07 Å². The topological polar surface area (TPSA) is 114 Å². The van der Waals surface area contributed by atoms with Gasteiger partial charge in [0.15, 0.2) is 0 Å². The van der Waals surface area contributed by atoms with Gasteiger partial charge >= 0.3 is 0 Å². The Kier molecular flexibility index (Phi) is 6.40. The van der Waals surface area contributed by atoms with Crippen LogP contribution in [0.5, 0.6) is 0 Å². The van der Waals surface area contributed by atoms with Crippen LogP contribution in [-0.2, 0) is 6.54 Å². The standard InChI is InChI=1S/C27H33N9/c1-17-8-26(35-34-17)32-25-12-24-23(6-3-7-30-24)27(33-25)31-20-10-21-4-2-5-22(11-20)36(21)16-19-9-18(13-28)14-29-15-19/h3,6-7,9,12,14-15,17,20-22,26,34-35H,2,4-5,8,10-11,16H2,1H3,(H2,31,32,33)/t17?,20?,21-,22+,26?. The summed E-state index contributed by atoms with van der Waals surface area (Å²) in [7, 11) is 0. The van der Waals surface area contributed by atoms with Crippen LogP contribution < -0.4 is 21.5 Å². The van der Waals surface area contributed by atoms with E-state index in [0.717, 1.165) is 53.9 Å². The molecule has 0 radical (unpaired) electrons. The summed E-state index contributed by atoms with van der Waals surface area (Å²) in [5, 5.41) is 17.7. The molecule has 6 heterocycles. The largest absolute Gasteiger partial charge is 0.367 e. The van der Waals surface area contributed by atoms with Gasteiger partial charge in [-0.3, -0.25) is 20.3 Å². The molecule has 5 atom stereocenters. The fourth-order valence-electron chi connectivity index (χ4n) is 6.14. The number of aromatic nitrogens is 3. The number of piperidine rings is 2. The van der Waals surface area contributed by atoms with Crippen molar-refractivity contribution < 1.29 is 0 Å². The summed E-state index contributed by atoms with van der Waals surface area (Å²) >= 11 is 0. The Labute approximate surface area is 211 Å². The Morgan fingerprint density at radius 1 is 1.11 bits per heavy atom. The maximum absolute atomic E-state index is 9.26. The van der Waals surface area contributed by atoms with Gasteiger partial charge in [0.05, 0.1) is 17.2 Å². The van der Waals surface area contributed by atoms with Gasteiger partial charge < -0.3 is 10.6 Å². The first-order chi connectivity index (χ1) is 17.6. The molecule has 36 heavy (non-hydrogen) atoms. The maximum Gasteiger partial charge on any atom is 0.138 e. The van der Waals surface area contributed by atoms with Crippen LogP contribution >= 0.6 is 0 Å². The normalized spacial score (nSPS) is 28.1. The number of pyridine rings is 3. The van der Waals surface area contributed by atoms with Crippen molar-refractivity contribution in [1.29, 1.82) is 5.26 Å². The monoisotopic (exact) mass is 483 g/mol. The van der Waals surface area contributed by atoms with Gasteiger partial charge in [0.2, 0.25) is 0 Å². The second-order valence-corrected chi connectivity index (χ2v) is 10.5. The second kappa shape index (κ2) is 9.97. The molecule has 3 fully saturated rings. The smallest absolute Gasteiger partial charge is 0.138 e. The third kappa shape index (κ3) is 4.85. The Morgan fingerprint density at radius 2 is 1.97 bits per heavy atom. The first-order valence-corrected chi connectivity index (χ1v) is 13.0. The third-order valence-electron chi connectivity index (χ3n) is 7.77. The molecule has 0 amide bonds. The maximum atomic E-state index is 9.26. The van der Waals surface area contributed by atoms with E-state index >= 15 is 0 Å². The number of nitrogens with zero attached hydrogens (tertiary/aromatic N) is 5. The summed E-state index contributed by atoms with van der Waals surface area (Å²) in [4.78, 5) is 16.5. The minimum Gasteiger partial charge on any atom is -0.367 e. The number of anilines is 2. The van der Waals surface area contributed by atoms with Gasteiger partial charge in [-0.1, -0.05) is 6.42 Å². The highest BCUT2D eigenvalue weighted by Gasteiger charge is 2.38. The zero-order chi connectivity index (χ0) is 24.5. The second-order valence-electron chi connectivity index (χ2n) is 10.5. The number of hydrazine groups is 1. The molecule has 0 saturated carbocycles. The van der Waals surface area contributed by atoms with Gasteiger partial charge in [-0.2, -0.15) is 5.26 Å². The zero-order valence-corrected chi connectivity index (χ0v) is 20.6. The van der Waals surface area contributed by atoms with E-state index < -0.39 is 0 Å². The lowest BCUT2D eigenvalue weighted by molar-refractivity contribution is 0.0276. The van der Waals surface area contributed by atoms with Crippen LogP contribution in [0.3, 0.4) is 0 Å². The molecule has 186 valence electrons. The molecule has 0 aliphatic carbocycles. The molecule has 0 spiro atoms. The molecule has 3 aromatic rings. The summed E-state index contributed by atoms with van der Waals surface area (Å²) in [5.41, 5.74) is 9.25. The number of fused-ring (bicyclic) bond motifs is 3. The number of nitriles is 1. The summed E-state index contributed by atoms with van der Waals surface area (Å²) < 4.78 is 0. The molecule has 9 heteroatoms. The Balaban J connectivity index is 1.20. The zero-order valence-electron chi connectivity index (χ0n) is 20.6. The van der Waals surface area contributed by atoms with Crippen molar-refractivity contribution in [2.45, 2.75) is 82.3 Å². The molecule has 2 bridgehead atoms. The SMILES string of the molecule is CC1CC(Nc2cc3ncccc3c(NC3C[C@H]4CCC[C@@H](C3)N4Cc3cncc(C#N)c3)n2)NN1. The quantitative estimate of drug-likeness (QED) is 0.418. The fourth-order valence-corrected chi connectivity index (χ4v) is 6.14. The van der Waals surface area contributed by atoms with Crippen molar-refractivity contribution in [3.05, 3.63) is 54.0 Å².